The van der Waals surface area contributed by atoms with Crippen LogP contribution in [0.5, 0.6) is 0 Å². The van der Waals surface area contributed by atoms with Crippen molar-refractivity contribution in [2.45, 2.75) is 19.3 Å². The maximum atomic E-state index is 12.6. The Morgan fingerprint density at radius 2 is 1.81 bits per heavy atom. The largest absolute Gasteiger partial charge is 0.396 e. The molecule has 3 rings (SSSR count). The highest BCUT2D eigenvalue weighted by Crippen LogP contribution is 2.11. The van der Waals surface area contributed by atoms with E-state index in [4.69, 9.17) is 5.11 Å². The van der Waals surface area contributed by atoms with Crippen molar-refractivity contribution in [1.82, 2.24) is 9.55 Å². The quantitative estimate of drug-likeness (QED) is 0.657. The van der Waals surface area contributed by atoms with E-state index in [1.165, 1.54) is 0 Å². The Bertz CT molecular complexity index is 865. The first-order valence-electron chi connectivity index (χ1n) is 8.78. The van der Waals surface area contributed by atoms with Crippen LogP contribution < -0.4 is 0 Å². The fraction of sp³-hybridized carbons (Fsp3) is 0.182. The minimum Gasteiger partial charge on any atom is -0.396 e. The highest BCUT2D eigenvalue weighted by Gasteiger charge is 2.09. The van der Waals surface area contributed by atoms with Crippen LogP contribution in [0.1, 0.15) is 40.0 Å². The van der Waals surface area contributed by atoms with Crippen molar-refractivity contribution >= 4 is 18.1 Å². The van der Waals surface area contributed by atoms with E-state index in [1.807, 2.05) is 66.9 Å². The SMILES string of the molecule is O=C(c1ccc(CCCCO)nc1)n1ccc(C=Cc2ccccc2)c1. The minimum atomic E-state index is -0.0984. The van der Waals surface area contributed by atoms with Gasteiger partial charge in [0.2, 0.25) is 0 Å². The van der Waals surface area contributed by atoms with Crippen molar-refractivity contribution in [3.05, 3.63) is 89.5 Å². The maximum Gasteiger partial charge on any atom is 0.263 e. The summed E-state index contributed by atoms with van der Waals surface area (Å²) in [6.07, 6.45) is 11.7. The van der Waals surface area contributed by atoms with Crippen molar-refractivity contribution < 1.29 is 9.90 Å². The highest BCUT2D eigenvalue weighted by molar-refractivity contribution is 5.96. The Hall–Kier alpha value is -2.98. The second-order valence-electron chi connectivity index (χ2n) is 6.12. The van der Waals surface area contributed by atoms with Gasteiger partial charge in [0.1, 0.15) is 0 Å². The molecule has 132 valence electrons. The van der Waals surface area contributed by atoms with Gasteiger partial charge < -0.3 is 5.11 Å². The molecule has 0 atom stereocenters. The average Bonchev–Trinajstić information content (AvgIpc) is 3.16. The summed E-state index contributed by atoms with van der Waals surface area (Å²) >= 11 is 0. The van der Waals surface area contributed by atoms with Crippen LogP contribution in [0.25, 0.3) is 12.2 Å². The van der Waals surface area contributed by atoms with Gasteiger partial charge in [-0.05, 0) is 48.6 Å². The summed E-state index contributed by atoms with van der Waals surface area (Å²) < 4.78 is 1.58. The van der Waals surface area contributed by atoms with E-state index in [9.17, 15) is 4.79 Å². The Morgan fingerprint density at radius 3 is 2.54 bits per heavy atom. The summed E-state index contributed by atoms with van der Waals surface area (Å²) in [6, 6.07) is 15.6. The van der Waals surface area contributed by atoms with Gasteiger partial charge in [-0.15, -0.1) is 0 Å². The number of nitrogens with zero attached hydrogens (tertiary/aromatic N) is 2. The van der Waals surface area contributed by atoms with Gasteiger partial charge in [-0.25, -0.2) is 0 Å². The van der Waals surface area contributed by atoms with E-state index in [2.05, 4.69) is 4.98 Å². The third-order valence-electron chi connectivity index (χ3n) is 4.13. The van der Waals surface area contributed by atoms with Crippen LogP contribution >= 0.6 is 0 Å². The van der Waals surface area contributed by atoms with Crippen molar-refractivity contribution in [2.24, 2.45) is 0 Å². The number of rotatable bonds is 7. The molecule has 4 nitrogen and oxygen atoms in total. The average molecular weight is 346 g/mol. The van der Waals surface area contributed by atoms with Gasteiger partial charge in [0, 0.05) is 30.9 Å². The smallest absolute Gasteiger partial charge is 0.263 e. The number of benzene rings is 1. The van der Waals surface area contributed by atoms with E-state index in [0.29, 0.717) is 5.56 Å². The van der Waals surface area contributed by atoms with E-state index >= 15 is 0 Å². The lowest BCUT2D eigenvalue weighted by Gasteiger charge is -2.03. The standard InChI is InChI=1S/C22H22N2O2/c25-15-5-4-8-21-12-11-20(16-23-21)22(26)24-14-13-19(17-24)10-9-18-6-2-1-3-7-18/h1-3,6-7,9-14,16-17,25H,4-5,8,15H2. The molecule has 1 aromatic carbocycles. The van der Waals surface area contributed by atoms with E-state index in [-0.39, 0.29) is 12.5 Å². The molecule has 1 N–H and O–H groups in total. The molecule has 0 aliphatic rings. The third-order valence-corrected chi connectivity index (χ3v) is 4.13. The Labute approximate surface area is 153 Å². The first kappa shape index (κ1) is 17.8. The number of aliphatic hydroxyl groups is 1. The molecule has 0 bridgehead atoms. The zero-order valence-electron chi connectivity index (χ0n) is 14.6. The first-order valence-corrected chi connectivity index (χ1v) is 8.78. The van der Waals surface area contributed by atoms with Crippen molar-refractivity contribution in [3.8, 4) is 0 Å². The second-order valence-corrected chi connectivity index (χ2v) is 6.12. The summed E-state index contributed by atoms with van der Waals surface area (Å²) in [6.45, 7) is 0.200. The third kappa shape index (κ3) is 4.77. The molecule has 4 heteroatoms. The van der Waals surface area contributed by atoms with Crippen molar-refractivity contribution in [3.63, 3.8) is 0 Å². The van der Waals surface area contributed by atoms with Crippen LogP contribution in [0.15, 0.2) is 67.1 Å². The van der Waals surface area contributed by atoms with E-state index < -0.39 is 0 Å². The van der Waals surface area contributed by atoms with E-state index in [1.54, 1.807) is 17.0 Å². The molecule has 26 heavy (non-hydrogen) atoms. The van der Waals surface area contributed by atoms with Crippen molar-refractivity contribution in [1.29, 1.82) is 0 Å². The summed E-state index contributed by atoms with van der Waals surface area (Å²) in [5.41, 5.74) is 3.59. The number of pyridine rings is 1. The van der Waals surface area contributed by atoms with Gasteiger partial charge in [-0.1, -0.05) is 42.5 Å². The van der Waals surface area contributed by atoms with Gasteiger partial charge in [0.25, 0.3) is 5.91 Å². The molecule has 0 spiro atoms. The first-order chi connectivity index (χ1) is 12.8. The Kier molecular flexibility index (Phi) is 6.12. The fourth-order valence-electron chi connectivity index (χ4n) is 2.66. The summed E-state index contributed by atoms with van der Waals surface area (Å²) in [4.78, 5) is 16.9. The topological polar surface area (TPSA) is 55.1 Å². The van der Waals surface area contributed by atoms with Crippen LogP contribution in [0.3, 0.4) is 0 Å². The molecule has 0 unspecified atom stereocenters. The van der Waals surface area contributed by atoms with Crippen LogP contribution in [-0.2, 0) is 6.42 Å². The van der Waals surface area contributed by atoms with Gasteiger partial charge >= 0.3 is 0 Å². The molecule has 0 saturated heterocycles. The van der Waals surface area contributed by atoms with Crippen LogP contribution in [0.4, 0.5) is 0 Å². The van der Waals surface area contributed by atoms with Crippen molar-refractivity contribution in [2.75, 3.05) is 6.61 Å². The molecular formula is C22H22N2O2. The predicted molar refractivity (Wildman–Crippen MR) is 104 cm³/mol. The molecule has 3 aromatic rings. The molecule has 0 radical (unpaired) electrons. The molecule has 0 aliphatic heterocycles. The number of carbonyl (C=O) groups excluding carboxylic acids is 1. The lowest BCUT2D eigenvalue weighted by molar-refractivity contribution is 0.0960. The zero-order valence-corrected chi connectivity index (χ0v) is 14.6. The molecular weight excluding hydrogens is 324 g/mol. The number of aryl methyl sites for hydroxylation is 1. The number of carbonyl (C=O) groups is 1. The maximum absolute atomic E-state index is 12.6. The van der Waals surface area contributed by atoms with Crippen LogP contribution in [0, 0.1) is 0 Å². The molecule has 0 saturated carbocycles. The molecule has 2 aromatic heterocycles. The summed E-state index contributed by atoms with van der Waals surface area (Å²) in [7, 11) is 0. The van der Waals surface area contributed by atoms with Gasteiger partial charge in [0.15, 0.2) is 0 Å². The number of hydrogen-bond donors (Lipinski definition) is 1. The number of unbranched alkanes of at least 4 members (excludes halogenated alkanes) is 1. The Morgan fingerprint density at radius 1 is 1.00 bits per heavy atom. The molecule has 2 heterocycles. The zero-order chi connectivity index (χ0) is 18.2. The molecule has 0 aliphatic carbocycles. The van der Waals surface area contributed by atoms with Gasteiger partial charge in [0.05, 0.1) is 5.56 Å². The number of aliphatic hydroxyl groups excluding tert-OH is 1. The van der Waals surface area contributed by atoms with Gasteiger partial charge in [-0.3, -0.25) is 14.3 Å². The summed E-state index contributed by atoms with van der Waals surface area (Å²) in [5.74, 6) is -0.0984. The Balaban J connectivity index is 1.65. The van der Waals surface area contributed by atoms with Crippen LogP contribution in [-0.4, -0.2) is 27.2 Å². The van der Waals surface area contributed by atoms with E-state index in [0.717, 1.165) is 36.1 Å². The van der Waals surface area contributed by atoms with Crippen LogP contribution in [0.2, 0.25) is 0 Å². The summed E-state index contributed by atoms with van der Waals surface area (Å²) in [5, 5.41) is 8.82. The molecule has 0 amide bonds. The number of aromatic nitrogens is 2. The van der Waals surface area contributed by atoms with Gasteiger partial charge in [-0.2, -0.15) is 0 Å². The molecule has 0 fully saturated rings. The number of hydrogen-bond acceptors (Lipinski definition) is 3. The lowest BCUT2D eigenvalue weighted by Crippen LogP contribution is -2.10. The monoisotopic (exact) mass is 346 g/mol. The normalized spacial score (nSPS) is 11.1. The minimum absolute atomic E-state index is 0.0984. The predicted octanol–water partition coefficient (Wildman–Crippen LogP) is 4.06. The fourth-order valence-corrected chi connectivity index (χ4v) is 2.66. The lowest BCUT2D eigenvalue weighted by atomic mass is 10.1. The highest BCUT2D eigenvalue weighted by atomic mass is 16.2. The second kappa shape index (κ2) is 8.92.